The van der Waals surface area contributed by atoms with E-state index < -0.39 is 9.84 Å². The lowest BCUT2D eigenvalue weighted by molar-refractivity contribution is 0.588. The van der Waals surface area contributed by atoms with E-state index in [1.54, 1.807) is 11.8 Å². The highest BCUT2D eigenvalue weighted by atomic mass is 35.5. The second-order valence-electron chi connectivity index (χ2n) is 4.33. The molecule has 1 aromatic carbocycles. The second-order valence-corrected chi connectivity index (χ2v) is 9.26. The molecule has 0 saturated carbocycles. The Morgan fingerprint density at radius 3 is 2.68 bits per heavy atom. The van der Waals surface area contributed by atoms with Gasteiger partial charge in [0.05, 0.1) is 5.75 Å². The maximum absolute atomic E-state index is 12.0. The van der Waals surface area contributed by atoms with Crippen LogP contribution in [0.5, 0.6) is 0 Å². The molecule has 100 valence electrons. The maximum atomic E-state index is 12.0. The Labute approximate surface area is 125 Å². The molecule has 1 unspecified atom stereocenters. The van der Waals surface area contributed by atoms with Gasteiger partial charge in [-0.05, 0) is 47.7 Å². The Balaban J connectivity index is 1.90. The van der Waals surface area contributed by atoms with Gasteiger partial charge in [-0.2, -0.15) is 0 Å². The first-order valence-electron chi connectivity index (χ1n) is 5.79. The van der Waals surface area contributed by atoms with Gasteiger partial charge in [0, 0.05) is 15.2 Å². The number of benzene rings is 1. The third-order valence-corrected chi connectivity index (χ3v) is 7.95. The average Bonchev–Trinajstić information content (AvgIpc) is 2.86. The monoisotopic (exact) mass is 330 g/mol. The van der Waals surface area contributed by atoms with Crippen LogP contribution in [0.1, 0.15) is 17.2 Å². The van der Waals surface area contributed by atoms with Crippen LogP contribution >= 0.6 is 34.7 Å². The fraction of sp³-hybridized carbons (Fsp3) is 0.231. The molecule has 2 heterocycles. The molecule has 1 atom stereocenters. The van der Waals surface area contributed by atoms with Gasteiger partial charge in [0.1, 0.15) is 4.21 Å². The Hall–Kier alpha value is -0.490. The Kier molecular flexibility index (Phi) is 3.64. The summed E-state index contributed by atoms with van der Waals surface area (Å²) >= 11 is 8.90. The van der Waals surface area contributed by atoms with Crippen LogP contribution < -0.4 is 0 Å². The minimum Gasteiger partial charge on any atom is -0.223 e. The van der Waals surface area contributed by atoms with E-state index >= 15 is 0 Å². The quantitative estimate of drug-likeness (QED) is 0.817. The van der Waals surface area contributed by atoms with Gasteiger partial charge >= 0.3 is 0 Å². The van der Waals surface area contributed by atoms with Gasteiger partial charge in [-0.3, -0.25) is 0 Å². The summed E-state index contributed by atoms with van der Waals surface area (Å²) < 4.78 is 24.5. The van der Waals surface area contributed by atoms with Crippen LogP contribution in [-0.2, 0) is 9.84 Å². The van der Waals surface area contributed by atoms with Gasteiger partial charge < -0.3 is 0 Å². The summed E-state index contributed by atoms with van der Waals surface area (Å²) in [7, 11) is -3.05. The number of rotatable bonds is 2. The van der Waals surface area contributed by atoms with Crippen molar-refractivity contribution in [3.63, 3.8) is 0 Å². The van der Waals surface area contributed by atoms with E-state index in [4.69, 9.17) is 11.6 Å². The van der Waals surface area contributed by atoms with Crippen molar-refractivity contribution in [1.29, 1.82) is 0 Å². The Morgan fingerprint density at radius 2 is 1.95 bits per heavy atom. The van der Waals surface area contributed by atoms with Gasteiger partial charge in [0.15, 0.2) is 9.84 Å². The fourth-order valence-corrected chi connectivity index (χ4v) is 6.70. The van der Waals surface area contributed by atoms with Crippen molar-refractivity contribution in [1.82, 2.24) is 0 Å². The first-order valence-corrected chi connectivity index (χ1v) is 9.57. The molecule has 6 heteroatoms. The normalized spacial score (nSPS) is 21.0. The van der Waals surface area contributed by atoms with Crippen LogP contribution in [0.2, 0.25) is 5.02 Å². The van der Waals surface area contributed by atoms with Gasteiger partial charge in [0.2, 0.25) is 0 Å². The summed E-state index contributed by atoms with van der Waals surface area (Å²) in [6, 6.07) is 9.60. The predicted octanol–water partition coefficient (Wildman–Crippen LogP) is 4.41. The molecule has 2 aromatic rings. The molecule has 0 saturated heterocycles. The second kappa shape index (κ2) is 5.13. The number of thiophene rings is 1. The molecule has 1 aliphatic heterocycles. The summed E-state index contributed by atoms with van der Waals surface area (Å²) in [6.45, 7) is 0. The van der Waals surface area contributed by atoms with Crippen molar-refractivity contribution >= 4 is 44.5 Å². The minimum absolute atomic E-state index is 0.214. The summed E-state index contributed by atoms with van der Waals surface area (Å²) in [5.74, 6) is 0.242. The van der Waals surface area contributed by atoms with Crippen molar-refractivity contribution in [3.8, 4) is 0 Å². The highest BCUT2D eigenvalue weighted by Gasteiger charge is 2.31. The molecule has 0 radical (unpaired) electrons. The molecule has 0 N–H and O–H groups in total. The first kappa shape index (κ1) is 13.5. The van der Waals surface area contributed by atoms with Crippen molar-refractivity contribution in [2.45, 2.75) is 20.8 Å². The molecule has 2 nitrogen and oxygen atoms in total. The molecule has 3 rings (SSSR count). The summed E-state index contributed by atoms with van der Waals surface area (Å²) in [4.78, 5) is 1.12. The standard InChI is InChI=1S/C13H11ClO2S3/c14-9-1-3-10(4-2-9)18-12-6-8-19(15,16)13-11(12)5-7-17-13/h1-5,7,12H,6,8H2. The van der Waals surface area contributed by atoms with E-state index in [1.165, 1.54) is 11.3 Å². The van der Waals surface area contributed by atoms with E-state index in [0.29, 0.717) is 15.7 Å². The Morgan fingerprint density at radius 1 is 1.21 bits per heavy atom. The molecular formula is C13H11ClO2S3. The molecule has 0 spiro atoms. The first-order chi connectivity index (χ1) is 9.06. The predicted molar refractivity (Wildman–Crippen MR) is 81.0 cm³/mol. The van der Waals surface area contributed by atoms with Crippen LogP contribution in [0.15, 0.2) is 44.8 Å². The summed E-state index contributed by atoms with van der Waals surface area (Å²) in [5.41, 5.74) is 0.955. The number of thioether (sulfide) groups is 1. The number of halogens is 1. The smallest absolute Gasteiger partial charge is 0.188 e. The van der Waals surface area contributed by atoms with Crippen LogP contribution in [0.25, 0.3) is 0 Å². The zero-order valence-corrected chi connectivity index (χ0v) is 13.1. The molecule has 1 aromatic heterocycles. The molecule has 0 fully saturated rings. The van der Waals surface area contributed by atoms with Crippen molar-refractivity contribution in [2.75, 3.05) is 5.75 Å². The van der Waals surface area contributed by atoms with Gasteiger partial charge in [-0.15, -0.1) is 23.1 Å². The van der Waals surface area contributed by atoms with E-state index in [2.05, 4.69) is 0 Å². The van der Waals surface area contributed by atoms with Crippen LogP contribution in [0.3, 0.4) is 0 Å². The highest BCUT2D eigenvalue weighted by molar-refractivity contribution is 8.00. The third kappa shape index (κ3) is 2.70. The Bertz CT molecular complexity index is 689. The van der Waals surface area contributed by atoms with Gasteiger partial charge in [-0.25, -0.2) is 8.42 Å². The number of hydrogen-bond acceptors (Lipinski definition) is 4. The van der Waals surface area contributed by atoms with E-state index in [1.807, 2.05) is 35.7 Å². The average molecular weight is 331 g/mol. The summed E-state index contributed by atoms with van der Waals surface area (Å²) in [6.07, 6.45) is 0.666. The zero-order valence-electron chi connectivity index (χ0n) is 9.87. The lowest BCUT2D eigenvalue weighted by Gasteiger charge is -2.22. The topological polar surface area (TPSA) is 34.1 Å². The van der Waals surface area contributed by atoms with Crippen molar-refractivity contribution < 1.29 is 8.42 Å². The maximum Gasteiger partial charge on any atom is 0.188 e. The summed E-state index contributed by atoms with van der Waals surface area (Å²) in [5, 5.41) is 2.79. The van der Waals surface area contributed by atoms with Crippen LogP contribution in [-0.4, -0.2) is 14.2 Å². The van der Waals surface area contributed by atoms with Crippen molar-refractivity contribution in [2.24, 2.45) is 0 Å². The molecule has 19 heavy (non-hydrogen) atoms. The van der Waals surface area contributed by atoms with Crippen molar-refractivity contribution in [3.05, 3.63) is 46.3 Å². The lowest BCUT2D eigenvalue weighted by atomic mass is 10.2. The van der Waals surface area contributed by atoms with Gasteiger partial charge in [-0.1, -0.05) is 11.6 Å². The number of sulfone groups is 1. The lowest BCUT2D eigenvalue weighted by Crippen LogP contribution is -2.16. The van der Waals surface area contributed by atoms with E-state index in [0.717, 1.165) is 10.5 Å². The van der Waals surface area contributed by atoms with Gasteiger partial charge in [0.25, 0.3) is 0 Å². The molecule has 0 aliphatic carbocycles. The van der Waals surface area contributed by atoms with E-state index in [9.17, 15) is 8.42 Å². The highest BCUT2D eigenvalue weighted by Crippen LogP contribution is 2.46. The minimum atomic E-state index is -3.05. The molecule has 0 bridgehead atoms. The van der Waals surface area contributed by atoms with Crippen LogP contribution in [0, 0.1) is 0 Å². The molecule has 0 amide bonds. The number of fused-ring (bicyclic) bond motifs is 1. The van der Waals surface area contributed by atoms with Crippen LogP contribution in [0.4, 0.5) is 0 Å². The number of hydrogen-bond donors (Lipinski definition) is 0. The fourth-order valence-electron chi connectivity index (χ4n) is 2.11. The zero-order chi connectivity index (χ0) is 13.5. The molecular weight excluding hydrogens is 320 g/mol. The largest absolute Gasteiger partial charge is 0.223 e. The molecule has 1 aliphatic rings. The van der Waals surface area contributed by atoms with E-state index in [-0.39, 0.29) is 11.0 Å². The third-order valence-electron chi connectivity index (χ3n) is 3.03. The SMILES string of the molecule is O=S1(=O)CCC(Sc2ccc(Cl)cc2)c2ccsc21.